The van der Waals surface area contributed by atoms with E-state index >= 15 is 0 Å². The number of hydrogen-bond donors (Lipinski definition) is 0. The first-order valence-electron chi connectivity index (χ1n) is 11.6. The molecule has 34 heavy (non-hydrogen) atoms. The van der Waals surface area contributed by atoms with Gasteiger partial charge in [-0.1, -0.05) is 0 Å². The fraction of sp³-hybridized carbons (Fsp3) is 0.818. The Morgan fingerprint density at radius 2 is 0.765 bits per heavy atom. The number of carbonyl (C=O) groups excluding carboxylic acids is 4. The largest absolute Gasteiger partial charge is 0.463 e. The van der Waals surface area contributed by atoms with Crippen molar-refractivity contribution >= 4 is 23.9 Å². The highest BCUT2D eigenvalue weighted by Crippen LogP contribution is 2.42. The van der Waals surface area contributed by atoms with Crippen LogP contribution in [0.2, 0.25) is 0 Å². The monoisotopic (exact) mass is 484 g/mol. The molecule has 0 amide bonds. The minimum absolute atomic E-state index is 0.00116. The van der Waals surface area contributed by atoms with E-state index < -0.39 is 47.5 Å². The third-order valence-corrected chi connectivity index (χ3v) is 6.45. The summed E-state index contributed by atoms with van der Waals surface area (Å²) in [5.74, 6) is -7.29. The molecule has 4 heterocycles. The molecule has 0 bridgehead atoms. The Balaban J connectivity index is 1.34. The summed E-state index contributed by atoms with van der Waals surface area (Å²) in [6.07, 6.45) is -0.421. The molecule has 188 valence electrons. The van der Waals surface area contributed by atoms with E-state index in [1.165, 1.54) is 0 Å². The molecule has 0 N–H and O–H groups in total. The minimum atomic E-state index is -1.26. The van der Waals surface area contributed by atoms with Crippen LogP contribution >= 0.6 is 0 Å². The third kappa shape index (κ3) is 6.23. The lowest BCUT2D eigenvalue weighted by atomic mass is 9.66. The molecule has 0 spiro atoms. The van der Waals surface area contributed by atoms with E-state index in [9.17, 15) is 19.2 Å². The van der Waals surface area contributed by atoms with Gasteiger partial charge in [0, 0.05) is 0 Å². The van der Waals surface area contributed by atoms with Crippen LogP contribution in [-0.2, 0) is 57.1 Å². The van der Waals surface area contributed by atoms with Gasteiger partial charge in [-0.15, -0.1) is 0 Å². The van der Waals surface area contributed by atoms with E-state index in [1.807, 2.05) is 0 Å². The molecule has 1 aliphatic carbocycles. The van der Waals surface area contributed by atoms with Crippen molar-refractivity contribution in [2.75, 3.05) is 52.9 Å². The lowest BCUT2D eigenvalue weighted by molar-refractivity contribution is -0.181. The molecule has 0 aromatic rings. The predicted molar refractivity (Wildman–Crippen MR) is 106 cm³/mol. The van der Waals surface area contributed by atoms with Crippen molar-refractivity contribution in [3.05, 3.63) is 0 Å². The summed E-state index contributed by atoms with van der Waals surface area (Å²) in [6, 6.07) is 0. The number of hydrogen-bond acceptors (Lipinski definition) is 12. The Labute approximate surface area is 195 Å². The predicted octanol–water partition coefficient (Wildman–Crippen LogP) is -0.987. The van der Waals surface area contributed by atoms with Crippen LogP contribution < -0.4 is 0 Å². The summed E-state index contributed by atoms with van der Waals surface area (Å²) in [5, 5.41) is 0. The zero-order chi connectivity index (χ0) is 23.7. The van der Waals surface area contributed by atoms with Gasteiger partial charge in [-0.25, -0.2) is 0 Å². The molecule has 0 radical (unpaired) electrons. The molecule has 5 aliphatic rings. The molecule has 0 aromatic carbocycles. The highest BCUT2D eigenvalue weighted by atomic mass is 16.6. The number of esters is 4. The molecule has 5 fully saturated rings. The second-order valence-corrected chi connectivity index (χ2v) is 9.18. The van der Waals surface area contributed by atoms with Crippen LogP contribution in [0.3, 0.4) is 0 Å². The number of ether oxygens (including phenoxy) is 8. The topological polar surface area (TPSA) is 155 Å². The third-order valence-electron chi connectivity index (χ3n) is 6.45. The highest BCUT2D eigenvalue weighted by molar-refractivity contribution is 5.91. The van der Waals surface area contributed by atoms with E-state index in [1.54, 1.807) is 0 Å². The number of rotatable bonds is 12. The van der Waals surface area contributed by atoms with Gasteiger partial charge >= 0.3 is 23.9 Å². The fourth-order valence-corrected chi connectivity index (χ4v) is 4.13. The molecule has 8 unspecified atom stereocenters. The summed E-state index contributed by atoms with van der Waals surface area (Å²) in [6.45, 7) is 2.06. The van der Waals surface area contributed by atoms with Gasteiger partial charge in [-0.05, 0) is 12.8 Å². The maximum absolute atomic E-state index is 13.2. The van der Waals surface area contributed by atoms with Crippen molar-refractivity contribution in [2.24, 2.45) is 23.7 Å². The van der Waals surface area contributed by atoms with Gasteiger partial charge in [-0.2, -0.15) is 0 Å². The van der Waals surface area contributed by atoms with Crippen molar-refractivity contribution in [3.8, 4) is 0 Å². The van der Waals surface area contributed by atoms with Gasteiger partial charge in [0.15, 0.2) is 0 Å². The molecule has 0 aromatic heterocycles. The molecule has 4 saturated heterocycles. The number of carbonyl (C=O) groups is 4. The van der Waals surface area contributed by atoms with Gasteiger partial charge in [0.05, 0.1) is 50.1 Å². The zero-order valence-electron chi connectivity index (χ0n) is 18.6. The summed E-state index contributed by atoms with van der Waals surface area (Å²) in [5.41, 5.74) is 0. The van der Waals surface area contributed by atoms with E-state index in [-0.39, 0.29) is 63.7 Å². The minimum Gasteiger partial charge on any atom is -0.463 e. The Morgan fingerprint density at radius 3 is 1.03 bits per heavy atom. The van der Waals surface area contributed by atoms with Gasteiger partial charge in [-0.3, -0.25) is 19.2 Å². The van der Waals surface area contributed by atoms with E-state index in [0.717, 1.165) is 0 Å². The van der Waals surface area contributed by atoms with Gasteiger partial charge < -0.3 is 37.9 Å². The molecule has 12 nitrogen and oxygen atoms in total. The first kappa shape index (κ1) is 23.5. The standard InChI is InChI=1S/C22H28O12/c23-19(31-7-11-3-27-11)15-1-2-16(20(24)32-8-12-4-28-12)18(22(26)34-10-14-6-30-14)17(15)21(25)33-9-13-5-29-13/h11-18H,1-10H2. The van der Waals surface area contributed by atoms with Gasteiger partial charge in [0.25, 0.3) is 0 Å². The SMILES string of the molecule is O=C(OCC1CO1)C1CCC(C(=O)OCC2CO2)C(C(=O)OCC2CO2)C1C(=O)OCC1CO1. The Kier molecular flexibility index (Phi) is 7.00. The Hall–Kier alpha value is -2.28. The van der Waals surface area contributed by atoms with E-state index in [0.29, 0.717) is 26.4 Å². The average Bonchev–Trinajstić information content (AvgIpc) is 3.65. The van der Waals surface area contributed by atoms with Gasteiger partial charge in [0.1, 0.15) is 50.8 Å². The number of epoxide rings is 4. The first-order valence-corrected chi connectivity index (χ1v) is 11.6. The maximum Gasteiger partial charge on any atom is 0.310 e. The lowest BCUT2D eigenvalue weighted by Gasteiger charge is -2.38. The Morgan fingerprint density at radius 1 is 0.500 bits per heavy atom. The van der Waals surface area contributed by atoms with Crippen molar-refractivity contribution in [1.29, 1.82) is 0 Å². The van der Waals surface area contributed by atoms with Crippen LogP contribution in [-0.4, -0.2) is 101 Å². The average molecular weight is 484 g/mol. The van der Waals surface area contributed by atoms with Gasteiger partial charge in [0.2, 0.25) is 0 Å². The molecule has 5 rings (SSSR count). The first-order chi connectivity index (χ1) is 16.5. The van der Waals surface area contributed by atoms with Crippen LogP contribution in [0, 0.1) is 23.7 Å². The fourth-order valence-electron chi connectivity index (χ4n) is 4.13. The van der Waals surface area contributed by atoms with Crippen LogP contribution in [0.25, 0.3) is 0 Å². The molecule has 4 aliphatic heterocycles. The van der Waals surface area contributed by atoms with E-state index in [2.05, 4.69) is 0 Å². The second kappa shape index (κ2) is 10.1. The smallest absolute Gasteiger partial charge is 0.310 e. The quantitative estimate of drug-likeness (QED) is 0.190. The second-order valence-electron chi connectivity index (χ2n) is 9.18. The molecule has 12 heteroatoms. The molecule has 1 saturated carbocycles. The van der Waals surface area contributed by atoms with Crippen LogP contribution in [0.15, 0.2) is 0 Å². The summed E-state index contributed by atoms with van der Waals surface area (Å²) < 4.78 is 41.7. The van der Waals surface area contributed by atoms with Crippen molar-refractivity contribution in [2.45, 2.75) is 37.3 Å². The highest BCUT2D eigenvalue weighted by Gasteiger charge is 2.55. The van der Waals surface area contributed by atoms with Crippen LogP contribution in [0.1, 0.15) is 12.8 Å². The summed E-state index contributed by atoms with van der Waals surface area (Å²) in [4.78, 5) is 52.2. The molecule has 8 atom stereocenters. The van der Waals surface area contributed by atoms with Crippen molar-refractivity contribution in [1.82, 2.24) is 0 Å². The Bertz CT molecular complexity index is 732. The summed E-state index contributed by atoms with van der Waals surface area (Å²) >= 11 is 0. The zero-order valence-corrected chi connectivity index (χ0v) is 18.6. The lowest BCUT2D eigenvalue weighted by Crippen LogP contribution is -2.50. The summed E-state index contributed by atoms with van der Waals surface area (Å²) in [7, 11) is 0. The maximum atomic E-state index is 13.2. The van der Waals surface area contributed by atoms with Crippen molar-refractivity contribution < 1.29 is 57.1 Å². The van der Waals surface area contributed by atoms with Crippen LogP contribution in [0.4, 0.5) is 0 Å². The normalized spacial score (nSPS) is 37.2. The van der Waals surface area contributed by atoms with Crippen molar-refractivity contribution in [3.63, 3.8) is 0 Å². The van der Waals surface area contributed by atoms with E-state index in [4.69, 9.17) is 37.9 Å². The molecular weight excluding hydrogens is 456 g/mol. The molecular formula is C22H28O12. The van der Waals surface area contributed by atoms with Crippen LogP contribution in [0.5, 0.6) is 0 Å².